The molecule has 2 heterocycles. The van der Waals surface area contributed by atoms with E-state index in [2.05, 4.69) is 52.3 Å². The van der Waals surface area contributed by atoms with Gasteiger partial charge in [0.25, 0.3) is 0 Å². The number of aromatic nitrogens is 1. The van der Waals surface area contributed by atoms with E-state index in [0.717, 1.165) is 43.6 Å². The van der Waals surface area contributed by atoms with E-state index < -0.39 is 18.1 Å². The number of nitrogens with one attached hydrogen (secondary N) is 1. The summed E-state index contributed by atoms with van der Waals surface area (Å²) in [7, 11) is 0. The molecule has 3 N–H and O–H groups in total. The molecular weight excluding hydrogens is 465 g/mol. The monoisotopic (exact) mass is 492 g/mol. The summed E-state index contributed by atoms with van der Waals surface area (Å²) in [4.78, 5) is 25.4. The minimum Gasteiger partial charge on any atom is -0.494 e. The molecule has 0 bridgehead atoms. The minimum atomic E-state index is -5.08. The number of rotatable bonds is 8. The van der Waals surface area contributed by atoms with E-state index in [1.54, 1.807) is 0 Å². The Morgan fingerprint density at radius 3 is 2.46 bits per heavy atom. The average molecular weight is 492 g/mol. The normalized spacial score (nSPS) is 13.6. The van der Waals surface area contributed by atoms with Crippen molar-refractivity contribution in [2.24, 2.45) is 0 Å². The van der Waals surface area contributed by atoms with Gasteiger partial charge in [0.2, 0.25) is 0 Å². The number of hydrogen-bond donors (Lipinski definition) is 3. The van der Waals surface area contributed by atoms with Crippen molar-refractivity contribution < 1.29 is 37.7 Å². The predicted molar refractivity (Wildman–Crippen MR) is 123 cm³/mol. The van der Waals surface area contributed by atoms with E-state index in [0.29, 0.717) is 13.2 Å². The second-order valence-corrected chi connectivity index (χ2v) is 8.20. The molecule has 1 aliphatic heterocycles. The summed E-state index contributed by atoms with van der Waals surface area (Å²) >= 11 is 0. The van der Waals surface area contributed by atoms with Crippen LogP contribution in [0.5, 0.6) is 5.75 Å². The van der Waals surface area contributed by atoms with Gasteiger partial charge in [-0.3, -0.25) is 9.69 Å². The molecule has 0 unspecified atom stereocenters. The number of halogens is 3. The number of alkyl halides is 3. The zero-order valence-corrected chi connectivity index (χ0v) is 19.0. The summed E-state index contributed by atoms with van der Waals surface area (Å²) in [5.74, 6) is -2.61. The van der Waals surface area contributed by atoms with Crippen molar-refractivity contribution in [2.75, 3.05) is 19.7 Å². The Hall–Kier alpha value is -3.53. The van der Waals surface area contributed by atoms with Gasteiger partial charge in [0.1, 0.15) is 5.75 Å². The number of aryl methyl sites for hydroxylation is 1. The highest BCUT2D eigenvalue weighted by Gasteiger charge is 2.38. The first-order valence-electron chi connectivity index (χ1n) is 11.2. The van der Waals surface area contributed by atoms with Crippen LogP contribution in [-0.4, -0.2) is 57.9 Å². The maximum absolute atomic E-state index is 10.8. The third-order valence-corrected chi connectivity index (χ3v) is 5.63. The van der Waals surface area contributed by atoms with Gasteiger partial charge in [-0.15, -0.1) is 0 Å². The number of nitrogens with zero attached hydrogens (tertiary/aromatic N) is 1. The molecule has 2 aromatic carbocycles. The van der Waals surface area contributed by atoms with Crippen molar-refractivity contribution in [3.63, 3.8) is 0 Å². The quantitative estimate of drug-likeness (QED) is 0.396. The molecule has 0 amide bonds. The third-order valence-electron chi connectivity index (χ3n) is 5.63. The van der Waals surface area contributed by atoms with Crippen LogP contribution in [0.4, 0.5) is 13.2 Å². The number of H-pyrrole nitrogens is 1. The summed E-state index contributed by atoms with van der Waals surface area (Å²) in [6.07, 6.45) is -1.93. The number of ether oxygens (including phenoxy) is 1. The Kier molecular flexibility index (Phi) is 8.75. The van der Waals surface area contributed by atoms with Crippen LogP contribution >= 0.6 is 0 Å². The molecule has 0 aliphatic carbocycles. The van der Waals surface area contributed by atoms with Crippen LogP contribution in [-0.2, 0) is 29.0 Å². The van der Waals surface area contributed by atoms with Gasteiger partial charge in [-0.25, -0.2) is 4.79 Å². The van der Waals surface area contributed by atoms with Gasteiger partial charge in [-0.2, -0.15) is 13.2 Å². The Bertz CT molecular complexity index is 1150. The fourth-order valence-corrected chi connectivity index (χ4v) is 3.93. The molecule has 3 aromatic rings. The third kappa shape index (κ3) is 7.74. The van der Waals surface area contributed by atoms with Gasteiger partial charge >= 0.3 is 18.1 Å². The van der Waals surface area contributed by atoms with E-state index in [1.165, 1.54) is 22.2 Å². The first kappa shape index (κ1) is 26.1. The average Bonchev–Trinajstić information content (AvgIpc) is 3.18. The summed E-state index contributed by atoms with van der Waals surface area (Å²) in [5, 5.41) is 17.3. The number of aromatic amines is 1. The van der Waals surface area contributed by atoms with Crippen LogP contribution in [0.25, 0.3) is 10.9 Å². The van der Waals surface area contributed by atoms with Gasteiger partial charge in [0, 0.05) is 42.3 Å². The molecule has 0 atom stereocenters. The Labute approximate surface area is 200 Å². The van der Waals surface area contributed by atoms with Crippen molar-refractivity contribution in [1.82, 2.24) is 9.88 Å². The SMILES string of the molecule is O=C(O)C(F)(F)F.O=C(O)CCN1CCc2c([nH]c3cc(OCCCc4ccccc4)ccc23)C1. The lowest BCUT2D eigenvalue weighted by atomic mass is 10.0. The van der Waals surface area contributed by atoms with Gasteiger partial charge in [-0.1, -0.05) is 30.3 Å². The smallest absolute Gasteiger partial charge is 0.490 e. The van der Waals surface area contributed by atoms with Crippen molar-refractivity contribution in [2.45, 2.75) is 38.4 Å². The number of carboxylic acids is 2. The molecular formula is C25H27F3N2O5. The molecule has 188 valence electrons. The van der Waals surface area contributed by atoms with Crippen LogP contribution in [0.2, 0.25) is 0 Å². The molecule has 1 aliphatic rings. The van der Waals surface area contributed by atoms with Gasteiger partial charge in [0.05, 0.1) is 13.0 Å². The number of benzene rings is 2. The number of carbonyl (C=O) groups is 2. The number of carboxylic acid groups (broad SMARTS) is 2. The van der Waals surface area contributed by atoms with E-state index in [-0.39, 0.29) is 6.42 Å². The number of fused-ring (bicyclic) bond motifs is 3. The zero-order valence-electron chi connectivity index (χ0n) is 19.0. The summed E-state index contributed by atoms with van der Waals surface area (Å²) < 4.78 is 37.7. The molecule has 0 fully saturated rings. The van der Waals surface area contributed by atoms with Gasteiger partial charge in [0.15, 0.2) is 0 Å². The highest BCUT2D eigenvalue weighted by Crippen LogP contribution is 2.30. The highest BCUT2D eigenvalue weighted by atomic mass is 19.4. The first-order chi connectivity index (χ1) is 16.6. The Morgan fingerprint density at radius 2 is 1.80 bits per heavy atom. The molecule has 10 heteroatoms. The lowest BCUT2D eigenvalue weighted by molar-refractivity contribution is -0.192. The van der Waals surface area contributed by atoms with Crippen LogP contribution in [0, 0.1) is 0 Å². The highest BCUT2D eigenvalue weighted by molar-refractivity contribution is 5.86. The minimum absolute atomic E-state index is 0.191. The maximum atomic E-state index is 10.8. The zero-order chi connectivity index (χ0) is 25.4. The van der Waals surface area contributed by atoms with Gasteiger partial charge in [-0.05, 0) is 42.5 Å². The predicted octanol–water partition coefficient (Wildman–Crippen LogP) is 4.65. The Morgan fingerprint density at radius 1 is 1.09 bits per heavy atom. The Balaban J connectivity index is 0.000000429. The molecule has 4 rings (SSSR count). The second-order valence-electron chi connectivity index (χ2n) is 8.20. The lowest BCUT2D eigenvalue weighted by Gasteiger charge is -2.26. The molecule has 0 saturated heterocycles. The van der Waals surface area contributed by atoms with Crippen molar-refractivity contribution >= 4 is 22.8 Å². The number of hydrogen-bond acceptors (Lipinski definition) is 4. The summed E-state index contributed by atoms with van der Waals surface area (Å²) in [6, 6.07) is 16.7. The van der Waals surface area contributed by atoms with Gasteiger partial charge < -0.3 is 19.9 Å². The standard InChI is InChI=1S/C23H26N2O3.C2HF3O2/c26-23(27)11-13-25-12-10-20-19-9-8-18(15-21(19)24-22(20)16-25)28-14-4-7-17-5-2-1-3-6-17;3-2(4,5)1(6)7/h1-3,5-6,8-9,15,24H,4,7,10-14,16H2,(H,26,27);(H,6,7). The van der Waals surface area contributed by atoms with E-state index in [4.69, 9.17) is 19.7 Å². The van der Waals surface area contributed by atoms with E-state index in [9.17, 15) is 18.0 Å². The molecule has 7 nitrogen and oxygen atoms in total. The molecule has 0 saturated carbocycles. The molecule has 0 spiro atoms. The van der Waals surface area contributed by atoms with Crippen LogP contribution in [0.1, 0.15) is 29.7 Å². The molecule has 35 heavy (non-hydrogen) atoms. The maximum Gasteiger partial charge on any atom is 0.490 e. The summed E-state index contributed by atoms with van der Waals surface area (Å²) in [6.45, 7) is 2.99. The van der Waals surface area contributed by atoms with Crippen molar-refractivity contribution in [3.8, 4) is 5.75 Å². The van der Waals surface area contributed by atoms with Crippen molar-refractivity contribution in [3.05, 3.63) is 65.4 Å². The van der Waals surface area contributed by atoms with E-state index in [1.807, 2.05) is 6.07 Å². The van der Waals surface area contributed by atoms with Crippen molar-refractivity contribution in [1.29, 1.82) is 0 Å². The second kappa shape index (κ2) is 11.7. The van der Waals surface area contributed by atoms with Crippen LogP contribution in [0.3, 0.4) is 0 Å². The summed E-state index contributed by atoms with van der Waals surface area (Å²) in [5.41, 5.74) is 5.00. The largest absolute Gasteiger partial charge is 0.494 e. The lowest BCUT2D eigenvalue weighted by Crippen LogP contribution is -2.32. The topological polar surface area (TPSA) is 103 Å². The van der Waals surface area contributed by atoms with E-state index >= 15 is 0 Å². The number of aliphatic carboxylic acids is 2. The molecule has 0 radical (unpaired) electrons. The fraction of sp³-hybridized carbons (Fsp3) is 0.360. The molecule has 1 aromatic heterocycles. The van der Waals surface area contributed by atoms with Crippen LogP contribution in [0.15, 0.2) is 48.5 Å². The van der Waals surface area contributed by atoms with Crippen LogP contribution < -0.4 is 4.74 Å². The fourth-order valence-electron chi connectivity index (χ4n) is 3.93. The first-order valence-corrected chi connectivity index (χ1v) is 11.2.